The molecule has 0 fully saturated rings. The second-order valence-corrected chi connectivity index (χ2v) is 2.71. The summed E-state index contributed by atoms with van der Waals surface area (Å²) in [5.74, 6) is 7.05. The molecule has 0 atom stereocenters. The first-order chi connectivity index (χ1) is 6.36. The number of pyridine rings is 1. The van der Waals surface area contributed by atoms with Crippen molar-refractivity contribution in [2.45, 2.75) is 6.42 Å². The molecule has 3 heteroatoms. The molecule has 1 heterocycles. The van der Waals surface area contributed by atoms with Gasteiger partial charge in [0, 0.05) is 30.1 Å². The van der Waals surface area contributed by atoms with Crippen LogP contribution < -0.4 is 4.74 Å². The summed E-state index contributed by atoms with van der Waals surface area (Å²) >= 11 is 5.49. The number of methoxy groups -OCH3 is 1. The average molecular weight is 196 g/mol. The van der Waals surface area contributed by atoms with Gasteiger partial charge in [0.25, 0.3) is 0 Å². The Morgan fingerprint density at radius 2 is 2.46 bits per heavy atom. The van der Waals surface area contributed by atoms with E-state index in [-0.39, 0.29) is 0 Å². The molecular weight excluding hydrogens is 186 g/mol. The van der Waals surface area contributed by atoms with E-state index in [9.17, 15) is 0 Å². The molecule has 0 unspecified atom stereocenters. The van der Waals surface area contributed by atoms with Crippen molar-refractivity contribution in [2.75, 3.05) is 13.0 Å². The maximum Gasteiger partial charge on any atom is 0.214 e. The van der Waals surface area contributed by atoms with Crippen molar-refractivity contribution < 1.29 is 4.74 Å². The summed E-state index contributed by atoms with van der Waals surface area (Å²) in [6.45, 7) is 0. The Hall–Kier alpha value is -1.20. The van der Waals surface area contributed by atoms with E-state index < -0.39 is 0 Å². The van der Waals surface area contributed by atoms with Crippen molar-refractivity contribution in [3.8, 4) is 17.7 Å². The molecule has 1 aromatic rings. The van der Waals surface area contributed by atoms with Crippen molar-refractivity contribution in [3.05, 3.63) is 23.9 Å². The molecule has 0 radical (unpaired) electrons. The summed E-state index contributed by atoms with van der Waals surface area (Å²) < 4.78 is 4.96. The molecule has 0 aliphatic carbocycles. The third-order valence-corrected chi connectivity index (χ3v) is 1.59. The Bertz CT molecular complexity index is 327. The van der Waals surface area contributed by atoms with Crippen LogP contribution in [0.25, 0.3) is 0 Å². The van der Waals surface area contributed by atoms with Gasteiger partial charge in [0.15, 0.2) is 0 Å². The number of nitrogens with zero attached hydrogens (tertiary/aromatic N) is 1. The summed E-state index contributed by atoms with van der Waals surface area (Å²) in [7, 11) is 1.58. The molecular formula is C10H10ClNO. The molecule has 0 bridgehead atoms. The van der Waals surface area contributed by atoms with E-state index in [0.717, 1.165) is 5.56 Å². The Kier molecular flexibility index (Phi) is 4.14. The minimum atomic E-state index is 0.565. The molecule has 1 aromatic heterocycles. The molecule has 1 rings (SSSR count). The van der Waals surface area contributed by atoms with Gasteiger partial charge in [-0.05, 0) is 6.07 Å². The molecule has 0 aliphatic rings. The van der Waals surface area contributed by atoms with Crippen LogP contribution in [-0.4, -0.2) is 18.0 Å². The van der Waals surface area contributed by atoms with Gasteiger partial charge in [-0.25, -0.2) is 4.98 Å². The lowest BCUT2D eigenvalue weighted by molar-refractivity contribution is 0.398. The highest BCUT2D eigenvalue weighted by molar-refractivity contribution is 6.18. The van der Waals surface area contributed by atoms with Gasteiger partial charge >= 0.3 is 0 Å². The van der Waals surface area contributed by atoms with Crippen molar-refractivity contribution >= 4 is 11.6 Å². The van der Waals surface area contributed by atoms with Crippen LogP contribution in [0.1, 0.15) is 12.0 Å². The predicted octanol–water partition coefficient (Wildman–Crippen LogP) is 2.07. The van der Waals surface area contributed by atoms with E-state index in [1.807, 2.05) is 6.07 Å². The predicted molar refractivity (Wildman–Crippen MR) is 53.0 cm³/mol. The number of ether oxygens (including phenoxy) is 1. The molecule has 0 aliphatic heterocycles. The molecule has 2 nitrogen and oxygen atoms in total. The minimum absolute atomic E-state index is 0.565. The second-order valence-electron chi connectivity index (χ2n) is 2.33. The first-order valence-electron chi connectivity index (χ1n) is 3.91. The van der Waals surface area contributed by atoms with Crippen LogP contribution in [0.15, 0.2) is 18.3 Å². The first-order valence-corrected chi connectivity index (χ1v) is 4.45. The van der Waals surface area contributed by atoms with Gasteiger partial charge < -0.3 is 4.74 Å². The summed E-state index contributed by atoms with van der Waals surface area (Å²) in [5.41, 5.74) is 0.900. The number of aromatic nitrogens is 1. The average Bonchev–Trinajstić information content (AvgIpc) is 2.19. The van der Waals surface area contributed by atoms with Crippen LogP contribution in [0.4, 0.5) is 0 Å². The molecule has 0 saturated carbocycles. The SMILES string of the molecule is COc1cc(C#CCCCl)ccn1. The Morgan fingerprint density at radius 3 is 3.15 bits per heavy atom. The van der Waals surface area contributed by atoms with Gasteiger partial charge in [-0.1, -0.05) is 11.8 Å². The highest BCUT2D eigenvalue weighted by atomic mass is 35.5. The van der Waals surface area contributed by atoms with E-state index in [1.165, 1.54) is 0 Å². The van der Waals surface area contributed by atoms with Gasteiger partial charge in [0.05, 0.1) is 7.11 Å². The summed E-state index contributed by atoms with van der Waals surface area (Å²) in [6, 6.07) is 3.63. The lowest BCUT2D eigenvalue weighted by atomic mass is 10.2. The zero-order chi connectivity index (χ0) is 9.52. The monoisotopic (exact) mass is 195 g/mol. The number of hydrogen-bond acceptors (Lipinski definition) is 2. The third kappa shape index (κ3) is 3.35. The van der Waals surface area contributed by atoms with Crippen molar-refractivity contribution in [3.63, 3.8) is 0 Å². The van der Waals surface area contributed by atoms with Gasteiger partial charge in [-0.2, -0.15) is 0 Å². The number of rotatable bonds is 2. The maximum atomic E-state index is 5.49. The fourth-order valence-electron chi connectivity index (χ4n) is 0.811. The van der Waals surface area contributed by atoms with Gasteiger partial charge in [0.1, 0.15) is 0 Å². The summed E-state index contributed by atoms with van der Waals surface area (Å²) in [6.07, 6.45) is 2.37. The summed E-state index contributed by atoms with van der Waals surface area (Å²) in [5, 5.41) is 0. The Morgan fingerprint density at radius 1 is 1.62 bits per heavy atom. The molecule has 0 saturated heterocycles. The normalized spacial score (nSPS) is 8.77. The number of alkyl halides is 1. The van der Waals surface area contributed by atoms with E-state index in [0.29, 0.717) is 18.2 Å². The molecule has 0 spiro atoms. The Balaban J connectivity index is 2.73. The van der Waals surface area contributed by atoms with Gasteiger partial charge in [-0.15, -0.1) is 11.6 Å². The Labute approximate surface area is 82.9 Å². The van der Waals surface area contributed by atoms with Crippen LogP contribution in [0.2, 0.25) is 0 Å². The van der Waals surface area contributed by atoms with Crippen LogP contribution in [-0.2, 0) is 0 Å². The smallest absolute Gasteiger partial charge is 0.214 e. The highest BCUT2D eigenvalue weighted by Crippen LogP contribution is 2.06. The zero-order valence-electron chi connectivity index (χ0n) is 7.38. The fraction of sp³-hybridized carbons (Fsp3) is 0.300. The second kappa shape index (κ2) is 5.45. The van der Waals surface area contributed by atoms with E-state index in [2.05, 4.69) is 16.8 Å². The van der Waals surface area contributed by atoms with E-state index >= 15 is 0 Å². The highest BCUT2D eigenvalue weighted by Gasteiger charge is 1.91. The standard InChI is InChI=1S/C10H10ClNO/c1-13-10-8-9(5-7-12-10)4-2-3-6-11/h5,7-8H,3,6H2,1H3. The van der Waals surface area contributed by atoms with Crippen molar-refractivity contribution in [2.24, 2.45) is 0 Å². The zero-order valence-corrected chi connectivity index (χ0v) is 8.14. The quantitative estimate of drug-likeness (QED) is 0.533. The van der Waals surface area contributed by atoms with E-state index in [4.69, 9.17) is 16.3 Å². The molecule has 0 amide bonds. The van der Waals surface area contributed by atoms with E-state index in [1.54, 1.807) is 19.4 Å². The lowest BCUT2D eigenvalue weighted by Crippen LogP contribution is -1.87. The van der Waals surface area contributed by atoms with Crippen LogP contribution >= 0.6 is 11.6 Å². The third-order valence-electron chi connectivity index (χ3n) is 1.40. The first kappa shape index (κ1) is 9.88. The molecule has 0 aromatic carbocycles. The summed E-state index contributed by atoms with van der Waals surface area (Å²) in [4.78, 5) is 3.97. The van der Waals surface area contributed by atoms with Crippen molar-refractivity contribution in [1.29, 1.82) is 0 Å². The van der Waals surface area contributed by atoms with Crippen LogP contribution in [0.3, 0.4) is 0 Å². The van der Waals surface area contributed by atoms with Crippen LogP contribution in [0, 0.1) is 11.8 Å². The largest absolute Gasteiger partial charge is 0.481 e. The lowest BCUT2D eigenvalue weighted by Gasteiger charge is -1.96. The van der Waals surface area contributed by atoms with Gasteiger partial charge in [-0.3, -0.25) is 0 Å². The number of halogens is 1. The molecule has 68 valence electrons. The topological polar surface area (TPSA) is 22.1 Å². The minimum Gasteiger partial charge on any atom is -0.481 e. The maximum absolute atomic E-state index is 5.49. The molecule has 0 N–H and O–H groups in total. The number of hydrogen-bond donors (Lipinski definition) is 0. The molecule has 13 heavy (non-hydrogen) atoms. The van der Waals surface area contributed by atoms with Gasteiger partial charge in [0.2, 0.25) is 5.88 Å². The van der Waals surface area contributed by atoms with Crippen LogP contribution in [0.5, 0.6) is 5.88 Å². The van der Waals surface area contributed by atoms with Crippen molar-refractivity contribution in [1.82, 2.24) is 4.98 Å². The fourth-order valence-corrected chi connectivity index (χ4v) is 0.905.